The minimum Gasteiger partial charge on any atom is -0.480 e. The smallest absolute Gasteiger partial charge is 0.325 e. The minimum atomic E-state index is -1.04. The van der Waals surface area contributed by atoms with Crippen molar-refractivity contribution in [3.8, 4) is 0 Å². The summed E-state index contributed by atoms with van der Waals surface area (Å²) in [5.74, 6) is -1.53. The van der Waals surface area contributed by atoms with Crippen molar-refractivity contribution in [2.45, 2.75) is 20.0 Å². The van der Waals surface area contributed by atoms with Gasteiger partial charge in [-0.15, -0.1) is 5.10 Å². The molecule has 2 N–H and O–H groups in total. The van der Waals surface area contributed by atoms with Crippen molar-refractivity contribution >= 4 is 18.0 Å². The van der Waals surface area contributed by atoms with Crippen molar-refractivity contribution in [1.82, 2.24) is 25.2 Å². The number of nitrogens with zero attached hydrogens (tertiary/aromatic N) is 4. The lowest BCUT2D eigenvalue weighted by Crippen LogP contribution is -2.40. The van der Waals surface area contributed by atoms with Crippen LogP contribution in [0.1, 0.15) is 12.6 Å². The quantitative estimate of drug-likeness (QED) is 0.622. The van der Waals surface area contributed by atoms with Gasteiger partial charge in [0.05, 0.1) is 19.3 Å². The first kappa shape index (κ1) is 16.4. The second-order valence-corrected chi connectivity index (χ2v) is 4.12. The molecule has 0 saturated heterocycles. The van der Waals surface area contributed by atoms with Crippen molar-refractivity contribution in [3.05, 3.63) is 11.9 Å². The van der Waals surface area contributed by atoms with E-state index in [9.17, 15) is 14.4 Å². The fourth-order valence-corrected chi connectivity index (χ4v) is 1.41. The van der Waals surface area contributed by atoms with Crippen LogP contribution in [0.4, 0.5) is 4.79 Å². The molecule has 0 radical (unpaired) electrons. The molecule has 1 heterocycles. The van der Waals surface area contributed by atoms with E-state index in [1.807, 2.05) is 0 Å². The maximum atomic E-state index is 11.7. The lowest BCUT2D eigenvalue weighted by atomic mass is 10.4. The number of amides is 2. The molecule has 0 fully saturated rings. The molecule has 1 rings (SSSR count). The lowest BCUT2D eigenvalue weighted by molar-refractivity contribution is -0.143. The normalized spacial score (nSPS) is 10.0. The minimum absolute atomic E-state index is 0.0750. The molecular formula is C11H17N5O5. The number of aromatic nitrogens is 3. The highest BCUT2D eigenvalue weighted by atomic mass is 16.5. The Morgan fingerprint density at radius 3 is 2.81 bits per heavy atom. The zero-order chi connectivity index (χ0) is 15.8. The van der Waals surface area contributed by atoms with Gasteiger partial charge in [0.2, 0.25) is 0 Å². The number of likely N-dealkylation sites (N-methyl/N-ethyl adjacent to an activating group) is 1. The topological polar surface area (TPSA) is 127 Å². The van der Waals surface area contributed by atoms with Gasteiger partial charge < -0.3 is 20.1 Å². The van der Waals surface area contributed by atoms with Gasteiger partial charge in [-0.25, -0.2) is 9.48 Å². The number of nitrogens with one attached hydrogen (secondary N) is 1. The van der Waals surface area contributed by atoms with Gasteiger partial charge in [-0.05, 0) is 6.92 Å². The summed E-state index contributed by atoms with van der Waals surface area (Å²) < 4.78 is 5.87. The molecule has 0 bridgehead atoms. The zero-order valence-corrected chi connectivity index (χ0v) is 11.8. The van der Waals surface area contributed by atoms with Gasteiger partial charge in [-0.1, -0.05) is 5.21 Å². The number of carboxylic acid groups (broad SMARTS) is 1. The summed E-state index contributed by atoms with van der Waals surface area (Å²) in [6.07, 6.45) is 1.42. The van der Waals surface area contributed by atoms with Gasteiger partial charge in [-0.2, -0.15) is 0 Å². The number of aliphatic carboxylic acids is 1. The number of carbonyl (C=O) groups excluding carboxylic acids is 2. The second-order valence-electron chi connectivity index (χ2n) is 4.12. The molecule has 1 aromatic heterocycles. The number of ether oxygens (including phenoxy) is 1. The van der Waals surface area contributed by atoms with Crippen LogP contribution in [0.5, 0.6) is 0 Å². The molecule has 2 amide bonds. The highest BCUT2D eigenvalue weighted by Crippen LogP contribution is 1.94. The van der Waals surface area contributed by atoms with Crippen LogP contribution in [0.15, 0.2) is 6.20 Å². The molecule has 0 saturated carbocycles. The van der Waals surface area contributed by atoms with Crippen LogP contribution in [0.25, 0.3) is 0 Å². The monoisotopic (exact) mass is 299 g/mol. The fraction of sp³-hybridized carbons (Fsp3) is 0.545. The molecule has 10 heteroatoms. The van der Waals surface area contributed by atoms with Crippen molar-refractivity contribution in [1.29, 1.82) is 0 Å². The summed E-state index contributed by atoms with van der Waals surface area (Å²) in [5.41, 5.74) is 0.411. The molecule has 0 aromatic carbocycles. The van der Waals surface area contributed by atoms with E-state index in [-0.39, 0.29) is 26.2 Å². The number of rotatable bonds is 7. The number of hydrogen-bond donors (Lipinski definition) is 2. The first-order chi connectivity index (χ1) is 9.92. The average molecular weight is 299 g/mol. The van der Waals surface area contributed by atoms with Crippen molar-refractivity contribution in [2.75, 3.05) is 20.2 Å². The van der Waals surface area contributed by atoms with Crippen LogP contribution in [0.3, 0.4) is 0 Å². The summed E-state index contributed by atoms with van der Waals surface area (Å²) >= 11 is 0. The second kappa shape index (κ2) is 7.82. The van der Waals surface area contributed by atoms with E-state index in [0.29, 0.717) is 5.69 Å². The predicted molar refractivity (Wildman–Crippen MR) is 69.2 cm³/mol. The Kier molecular flexibility index (Phi) is 6.11. The maximum Gasteiger partial charge on any atom is 0.325 e. The molecule has 0 spiro atoms. The number of esters is 1. The first-order valence-electron chi connectivity index (χ1n) is 6.17. The Hall–Kier alpha value is -2.65. The Balaban J connectivity index is 2.40. The summed E-state index contributed by atoms with van der Waals surface area (Å²) in [4.78, 5) is 34.6. The molecule has 0 aliphatic carbocycles. The molecule has 116 valence electrons. The molecule has 0 aliphatic heterocycles. The van der Waals surface area contributed by atoms with E-state index >= 15 is 0 Å². The van der Waals surface area contributed by atoms with E-state index < -0.39 is 18.0 Å². The predicted octanol–water partition coefficient (Wildman–Crippen LogP) is -0.933. The van der Waals surface area contributed by atoms with Crippen molar-refractivity contribution in [3.63, 3.8) is 0 Å². The van der Waals surface area contributed by atoms with Crippen LogP contribution in [0.2, 0.25) is 0 Å². The average Bonchev–Trinajstić information content (AvgIpc) is 2.82. The molecular weight excluding hydrogens is 282 g/mol. The first-order valence-corrected chi connectivity index (χ1v) is 6.17. The van der Waals surface area contributed by atoms with Gasteiger partial charge in [0.15, 0.2) is 0 Å². The van der Waals surface area contributed by atoms with E-state index in [1.165, 1.54) is 18.1 Å². The van der Waals surface area contributed by atoms with Gasteiger partial charge in [-0.3, -0.25) is 9.59 Å². The lowest BCUT2D eigenvalue weighted by Gasteiger charge is -2.16. The third kappa shape index (κ3) is 5.89. The van der Waals surface area contributed by atoms with Crippen molar-refractivity contribution < 1.29 is 24.2 Å². The molecule has 21 heavy (non-hydrogen) atoms. The maximum absolute atomic E-state index is 11.7. The van der Waals surface area contributed by atoms with E-state index in [4.69, 9.17) is 9.84 Å². The van der Waals surface area contributed by atoms with Gasteiger partial charge in [0.1, 0.15) is 18.8 Å². The highest BCUT2D eigenvalue weighted by molar-refractivity contribution is 5.80. The third-order valence-corrected chi connectivity index (χ3v) is 2.32. The summed E-state index contributed by atoms with van der Waals surface area (Å²) in [5, 5.41) is 18.4. The molecule has 0 aliphatic rings. The third-order valence-electron chi connectivity index (χ3n) is 2.32. The number of carbonyl (C=O) groups is 3. The van der Waals surface area contributed by atoms with Crippen molar-refractivity contribution in [2.24, 2.45) is 0 Å². The zero-order valence-electron chi connectivity index (χ0n) is 11.8. The van der Waals surface area contributed by atoms with Crippen LogP contribution >= 0.6 is 0 Å². The van der Waals surface area contributed by atoms with Gasteiger partial charge >= 0.3 is 18.0 Å². The largest absolute Gasteiger partial charge is 0.480 e. The molecule has 10 nitrogen and oxygen atoms in total. The molecule has 0 atom stereocenters. The Morgan fingerprint density at radius 1 is 1.48 bits per heavy atom. The summed E-state index contributed by atoms with van der Waals surface area (Å²) in [6.45, 7) is 1.54. The van der Waals surface area contributed by atoms with E-state index in [1.54, 1.807) is 6.92 Å². The van der Waals surface area contributed by atoms with E-state index in [2.05, 4.69) is 15.6 Å². The van der Waals surface area contributed by atoms with Crippen LogP contribution in [-0.2, 0) is 27.4 Å². The Morgan fingerprint density at radius 2 is 2.19 bits per heavy atom. The van der Waals surface area contributed by atoms with Crippen LogP contribution in [0, 0.1) is 0 Å². The van der Waals surface area contributed by atoms with Gasteiger partial charge in [0, 0.05) is 7.05 Å². The van der Waals surface area contributed by atoms with Crippen LogP contribution < -0.4 is 5.32 Å². The Bertz CT molecular complexity index is 515. The fourth-order valence-electron chi connectivity index (χ4n) is 1.41. The molecule has 0 unspecified atom stereocenters. The van der Waals surface area contributed by atoms with Crippen LogP contribution in [-0.4, -0.2) is 63.2 Å². The Labute approximate surface area is 120 Å². The number of urea groups is 1. The summed E-state index contributed by atoms with van der Waals surface area (Å²) in [6, 6.07) is -0.476. The molecule has 1 aromatic rings. The number of hydrogen-bond acceptors (Lipinski definition) is 6. The standard InChI is InChI=1S/C11H17N5O5/c1-3-21-10(19)7-15(2)11(20)12-4-8-5-16(14-13-8)6-9(17)18/h5H,3-4,6-7H2,1-2H3,(H,12,20)(H,17,18). The van der Waals surface area contributed by atoms with Gasteiger partial charge in [0.25, 0.3) is 0 Å². The highest BCUT2D eigenvalue weighted by Gasteiger charge is 2.13. The number of carboxylic acids is 1. The van der Waals surface area contributed by atoms with E-state index in [0.717, 1.165) is 4.68 Å². The SMILES string of the molecule is CCOC(=O)CN(C)C(=O)NCc1cn(CC(=O)O)nn1. The summed E-state index contributed by atoms with van der Waals surface area (Å²) in [7, 11) is 1.45.